The molecule has 0 saturated heterocycles. The number of hydrogen-bond acceptors (Lipinski definition) is 2. The third-order valence-electron chi connectivity index (χ3n) is 2.36. The SMILES string of the molecule is Fc1ccc(NNC(=S)Nc2ccccc2Cl)c(F)c1. The Bertz CT molecular complexity index is 637. The van der Waals surface area contributed by atoms with E-state index >= 15 is 0 Å². The predicted molar refractivity (Wildman–Crippen MR) is 80.8 cm³/mol. The summed E-state index contributed by atoms with van der Waals surface area (Å²) in [5.41, 5.74) is 5.82. The number of anilines is 2. The molecule has 0 aromatic heterocycles. The van der Waals surface area contributed by atoms with Crippen molar-refractivity contribution in [1.82, 2.24) is 5.43 Å². The van der Waals surface area contributed by atoms with Crippen LogP contribution in [0.1, 0.15) is 0 Å². The number of nitrogens with one attached hydrogen (secondary N) is 3. The lowest BCUT2D eigenvalue weighted by molar-refractivity contribution is 0.585. The third-order valence-corrected chi connectivity index (χ3v) is 2.90. The first-order valence-electron chi connectivity index (χ1n) is 5.59. The van der Waals surface area contributed by atoms with Crippen molar-refractivity contribution >= 4 is 40.3 Å². The van der Waals surface area contributed by atoms with Crippen LogP contribution in [0.4, 0.5) is 20.2 Å². The van der Waals surface area contributed by atoms with Crippen LogP contribution in [-0.4, -0.2) is 5.11 Å². The maximum Gasteiger partial charge on any atom is 0.189 e. The van der Waals surface area contributed by atoms with Gasteiger partial charge in [-0.05, 0) is 36.5 Å². The number of rotatable bonds is 3. The van der Waals surface area contributed by atoms with Crippen molar-refractivity contribution in [2.45, 2.75) is 0 Å². The summed E-state index contributed by atoms with van der Waals surface area (Å²) >= 11 is 11.0. The molecule has 0 heterocycles. The third kappa shape index (κ3) is 3.79. The summed E-state index contributed by atoms with van der Waals surface area (Å²) in [6.45, 7) is 0. The van der Waals surface area contributed by atoms with E-state index < -0.39 is 11.6 Å². The number of benzene rings is 2. The summed E-state index contributed by atoms with van der Waals surface area (Å²) in [6, 6.07) is 10.2. The molecule has 0 spiro atoms. The molecule has 7 heteroatoms. The van der Waals surface area contributed by atoms with Crippen LogP contribution < -0.4 is 16.2 Å². The van der Waals surface area contributed by atoms with E-state index in [0.717, 1.165) is 12.1 Å². The lowest BCUT2D eigenvalue weighted by Gasteiger charge is -2.13. The molecular formula is C13H10ClF2N3S. The van der Waals surface area contributed by atoms with Gasteiger partial charge in [0.25, 0.3) is 0 Å². The minimum atomic E-state index is -0.724. The van der Waals surface area contributed by atoms with Crippen LogP contribution in [0.2, 0.25) is 5.02 Å². The lowest BCUT2D eigenvalue weighted by atomic mass is 10.3. The van der Waals surface area contributed by atoms with E-state index in [1.807, 2.05) is 0 Å². The second-order valence-corrected chi connectivity index (χ2v) is 4.62. The molecule has 104 valence electrons. The largest absolute Gasteiger partial charge is 0.330 e. The van der Waals surface area contributed by atoms with Crippen molar-refractivity contribution < 1.29 is 8.78 Å². The maximum atomic E-state index is 13.4. The van der Waals surface area contributed by atoms with Crippen molar-refractivity contribution in [3.8, 4) is 0 Å². The van der Waals surface area contributed by atoms with Gasteiger partial charge in [0.15, 0.2) is 10.9 Å². The Balaban J connectivity index is 1.94. The molecule has 0 aliphatic rings. The van der Waals surface area contributed by atoms with Gasteiger partial charge in [0.05, 0.1) is 16.4 Å². The molecule has 2 aromatic rings. The van der Waals surface area contributed by atoms with Gasteiger partial charge in [0.2, 0.25) is 0 Å². The first kappa shape index (κ1) is 14.5. The van der Waals surface area contributed by atoms with Crippen molar-refractivity contribution in [1.29, 1.82) is 0 Å². The van der Waals surface area contributed by atoms with Gasteiger partial charge in [-0.25, -0.2) is 8.78 Å². The van der Waals surface area contributed by atoms with Crippen molar-refractivity contribution in [3.05, 3.63) is 59.1 Å². The van der Waals surface area contributed by atoms with E-state index in [2.05, 4.69) is 16.2 Å². The Labute approximate surface area is 124 Å². The molecule has 2 rings (SSSR count). The average Bonchev–Trinajstić information content (AvgIpc) is 2.40. The summed E-state index contributed by atoms with van der Waals surface area (Å²) in [6.07, 6.45) is 0. The van der Waals surface area contributed by atoms with Crippen LogP contribution in [0.15, 0.2) is 42.5 Å². The summed E-state index contributed by atoms with van der Waals surface area (Å²) in [5, 5.41) is 3.54. The Morgan fingerprint density at radius 2 is 1.80 bits per heavy atom. The predicted octanol–water partition coefficient (Wildman–Crippen LogP) is 3.93. The molecule has 0 bridgehead atoms. The van der Waals surface area contributed by atoms with Crippen molar-refractivity contribution in [2.24, 2.45) is 0 Å². The first-order valence-corrected chi connectivity index (χ1v) is 6.37. The van der Waals surface area contributed by atoms with E-state index in [0.29, 0.717) is 10.7 Å². The average molecular weight is 314 g/mol. The molecule has 0 amide bonds. The zero-order valence-electron chi connectivity index (χ0n) is 10.1. The number of halogens is 3. The van der Waals surface area contributed by atoms with Gasteiger partial charge in [-0.15, -0.1) is 0 Å². The van der Waals surface area contributed by atoms with Crippen LogP contribution in [0.3, 0.4) is 0 Å². The first-order chi connectivity index (χ1) is 9.56. The molecule has 20 heavy (non-hydrogen) atoms. The fraction of sp³-hybridized carbons (Fsp3) is 0. The topological polar surface area (TPSA) is 36.1 Å². The van der Waals surface area contributed by atoms with Gasteiger partial charge in [-0.3, -0.25) is 10.9 Å². The highest BCUT2D eigenvalue weighted by Crippen LogP contribution is 2.20. The summed E-state index contributed by atoms with van der Waals surface area (Å²) < 4.78 is 26.1. The highest BCUT2D eigenvalue weighted by atomic mass is 35.5. The van der Waals surface area contributed by atoms with E-state index in [4.69, 9.17) is 23.8 Å². The van der Waals surface area contributed by atoms with Gasteiger partial charge in [-0.1, -0.05) is 23.7 Å². The molecule has 0 radical (unpaired) electrons. The fourth-order valence-corrected chi connectivity index (χ4v) is 1.78. The second-order valence-electron chi connectivity index (χ2n) is 3.81. The Morgan fingerprint density at radius 1 is 1.05 bits per heavy atom. The standard InChI is InChI=1S/C13H10ClF2N3S/c14-9-3-1-2-4-11(9)17-13(20)19-18-12-6-5-8(15)7-10(12)16/h1-7,18H,(H2,17,19,20). The highest BCUT2D eigenvalue weighted by molar-refractivity contribution is 7.80. The van der Waals surface area contributed by atoms with E-state index in [-0.39, 0.29) is 10.8 Å². The molecule has 0 aliphatic carbocycles. The summed E-state index contributed by atoms with van der Waals surface area (Å²) in [4.78, 5) is 0. The molecule has 0 aliphatic heterocycles. The zero-order chi connectivity index (χ0) is 14.5. The number of para-hydroxylation sites is 1. The smallest absolute Gasteiger partial charge is 0.189 e. The number of thiocarbonyl (C=S) groups is 1. The highest BCUT2D eigenvalue weighted by Gasteiger charge is 2.05. The molecular weight excluding hydrogens is 304 g/mol. The van der Waals surface area contributed by atoms with Crippen molar-refractivity contribution in [2.75, 3.05) is 10.7 Å². The summed E-state index contributed by atoms with van der Waals surface area (Å²) in [7, 11) is 0. The van der Waals surface area contributed by atoms with Gasteiger partial charge in [0, 0.05) is 6.07 Å². The second kappa shape index (κ2) is 6.49. The van der Waals surface area contributed by atoms with Gasteiger partial charge in [0.1, 0.15) is 5.82 Å². The minimum Gasteiger partial charge on any atom is -0.330 e. The zero-order valence-corrected chi connectivity index (χ0v) is 11.7. The molecule has 2 aromatic carbocycles. The lowest BCUT2D eigenvalue weighted by Crippen LogP contribution is -2.33. The normalized spacial score (nSPS) is 9.95. The van der Waals surface area contributed by atoms with Crippen molar-refractivity contribution in [3.63, 3.8) is 0 Å². The minimum absolute atomic E-state index is 0.0784. The maximum absolute atomic E-state index is 13.4. The Kier molecular flexibility index (Phi) is 4.70. The number of hydrogen-bond donors (Lipinski definition) is 3. The quantitative estimate of drug-likeness (QED) is 0.593. The fourth-order valence-electron chi connectivity index (χ4n) is 1.43. The van der Waals surface area contributed by atoms with Crippen LogP contribution >= 0.6 is 23.8 Å². The van der Waals surface area contributed by atoms with E-state index in [1.54, 1.807) is 24.3 Å². The van der Waals surface area contributed by atoms with Crippen LogP contribution in [-0.2, 0) is 0 Å². The van der Waals surface area contributed by atoms with Crippen LogP contribution in [0.5, 0.6) is 0 Å². The summed E-state index contributed by atoms with van der Waals surface area (Å²) in [5.74, 6) is -1.37. The van der Waals surface area contributed by atoms with Gasteiger partial charge < -0.3 is 5.32 Å². The Morgan fingerprint density at radius 3 is 2.50 bits per heavy atom. The molecule has 0 atom stereocenters. The van der Waals surface area contributed by atoms with Gasteiger partial charge >= 0.3 is 0 Å². The van der Waals surface area contributed by atoms with Gasteiger partial charge in [-0.2, -0.15) is 0 Å². The Hall–Kier alpha value is -1.92. The van der Waals surface area contributed by atoms with E-state index in [9.17, 15) is 8.78 Å². The molecule has 3 nitrogen and oxygen atoms in total. The number of hydrazine groups is 1. The molecule has 0 fully saturated rings. The molecule has 3 N–H and O–H groups in total. The monoisotopic (exact) mass is 313 g/mol. The van der Waals surface area contributed by atoms with Crippen LogP contribution in [0, 0.1) is 11.6 Å². The van der Waals surface area contributed by atoms with E-state index in [1.165, 1.54) is 6.07 Å². The van der Waals surface area contributed by atoms with Crippen LogP contribution in [0.25, 0.3) is 0 Å². The molecule has 0 unspecified atom stereocenters. The molecule has 0 saturated carbocycles.